The summed E-state index contributed by atoms with van der Waals surface area (Å²) in [7, 11) is 0. The Hall–Kier alpha value is -2.90. The predicted molar refractivity (Wildman–Crippen MR) is 96.9 cm³/mol. The van der Waals surface area contributed by atoms with Crippen molar-refractivity contribution in [1.29, 1.82) is 0 Å². The van der Waals surface area contributed by atoms with E-state index >= 15 is 0 Å². The highest BCUT2D eigenvalue weighted by atomic mass is 16.2. The van der Waals surface area contributed by atoms with Crippen molar-refractivity contribution in [2.75, 3.05) is 13.1 Å². The molecule has 4 rings (SSSR count). The molecule has 1 aliphatic heterocycles. The predicted octanol–water partition coefficient (Wildman–Crippen LogP) is 2.26. The Labute approximate surface area is 151 Å². The van der Waals surface area contributed by atoms with Gasteiger partial charge >= 0.3 is 6.03 Å². The molecule has 1 atom stereocenters. The SMILES string of the molecule is CC[C@@H](NC(=O)N1CC(n2nc(C)cc2C)C1)c1cn2cccnc2n1. The van der Waals surface area contributed by atoms with Crippen LogP contribution in [-0.2, 0) is 0 Å². The number of likely N-dealkylation sites (tertiary alicyclic amines) is 1. The fourth-order valence-corrected chi connectivity index (χ4v) is 3.43. The summed E-state index contributed by atoms with van der Waals surface area (Å²) in [6, 6.07) is 4.00. The third-order valence-electron chi connectivity index (χ3n) is 4.86. The average molecular weight is 353 g/mol. The Morgan fingerprint density at radius 1 is 1.38 bits per heavy atom. The lowest BCUT2D eigenvalue weighted by Crippen LogP contribution is -2.55. The fraction of sp³-hybridized carbons (Fsp3) is 0.444. The van der Waals surface area contributed by atoms with Crippen LogP contribution in [0.4, 0.5) is 4.79 Å². The van der Waals surface area contributed by atoms with Gasteiger partial charge in [-0.25, -0.2) is 14.8 Å². The Morgan fingerprint density at radius 2 is 2.19 bits per heavy atom. The summed E-state index contributed by atoms with van der Waals surface area (Å²) in [6.07, 6.45) is 6.31. The quantitative estimate of drug-likeness (QED) is 0.780. The molecule has 1 aliphatic rings. The number of imidazole rings is 1. The molecule has 8 heteroatoms. The van der Waals surface area contributed by atoms with Gasteiger partial charge in [-0.1, -0.05) is 6.92 Å². The highest BCUT2D eigenvalue weighted by Gasteiger charge is 2.34. The normalized spacial score (nSPS) is 15.9. The molecule has 3 aromatic rings. The number of hydrogen-bond donors (Lipinski definition) is 1. The van der Waals surface area contributed by atoms with E-state index in [0.29, 0.717) is 18.9 Å². The topological polar surface area (TPSA) is 80.4 Å². The minimum atomic E-state index is -0.128. The number of rotatable bonds is 4. The van der Waals surface area contributed by atoms with Crippen molar-refractivity contribution in [2.45, 2.75) is 39.3 Å². The Bertz CT molecular complexity index is 905. The molecule has 3 aromatic heterocycles. The van der Waals surface area contributed by atoms with E-state index in [0.717, 1.165) is 23.5 Å². The molecule has 0 saturated carbocycles. The number of nitrogens with one attached hydrogen (secondary N) is 1. The van der Waals surface area contributed by atoms with E-state index in [2.05, 4.69) is 26.4 Å². The summed E-state index contributed by atoms with van der Waals surface area (Å²) in [5.74, 6) is 0.642. The van der Waals surface area contributed by atoms with Crippen LogP contribution in [0, 0.1) is 13.8 Å². The first-order valence-corrected chi connectivity index (χ1v) is 8.93. The van der Waals surface area contributed by atoms with Gasteiger partial charge in [0.25, 0.3) is 0 Å². The minimum absolute atomic E-state index is 0.0559. The highest BCUT2D eigenvalue weighted by molar-refractivity contribution is 5.75. The molecule has 136 valence electrons. The van der Waals surface area contributed by atoms with Gasteiger partial charge in [-0.05, 0) is 32.4 Å². The van der Waals surface area contributed by atoms with Crippen LogP contribution in [0.25, 0.3) is 5.78 Å². The van der Waals surface area contributed by atoms with E-state index in [1.165, 1.54) is 0 Å². The molecule has 0 spiro atoms. The third-order valence-corrected chi connectivity index (χ3v) is 4.86. The van der Waals surface area contributed by atoms with Gasteiger partial charge in [0.15, 0.2) is 0 Å². The molecule has 0 bridgehead atoms. The summed E-state index contributed by atoms with van der Waals surface area (Å²) in [5.41, 5.74) is 2.98. The number of carbonyl (C=O) groups excluding carboxylic acids is 1. The second-order valence-electron chi connectivity index (χ2n) is 6.83. The van der Waals surface area contributed by atoms with Crippen LogP contribution in [0.15, 0.2) is 30.7 Å². The third kappa shape index (κ3) is 2.91. The maximum absolute atomic E-state index is 12.6. The molecule has 0 radical (unpaired) electrons. The number of nitrogens with zero attached hydrogens (tertiary/aromatic N) is 6. The molecule has 0 unspecified atom stereocenters. The first-order valence-electron chi connectivity index (χ1n) is 8.93. The fourth-order valence-electron chi connectivity index (χ4n) is 3.43. The molecule has 1 N–H and O–H groups in total. The number of fused-ring (bicyclic) bond motifs is 1. The smallest absolute Gasteiger partial charge is 0.318 e. The summed E-state index contributed by atoms with van der Waals surface area (Å²) in [5, 5.41) is 7.61. The molecule has 1 fully saturated rings. The van der Waals surface area contributed by atoms with Crippen molar-refractivity contribution in [3.63, 3.8) is 0 Å². The van der Waals surface area contributed by atoms with Crippen LogP contribution in [0.3, 0.4) is 0 Å². The van der Waals surface area contributed by atoms with E-state index in [4.69, 9.17) is 0 Å². The second kappa shape index (κ2) is 6.44. The van der Waals surface area contributed by atoms with Crippen molar-refractivity contribution >= 4 is 11.8 Å². The van der Waals surface area contributed by atoms with Gasteiger partial charge in [0.1, 0.15) is 0 Å². The lowest BCUT2D eigenvalue weighted by molar-refractivity contribution is 0.114. The van der Waals surface area contributed by atoms with Crippen LogP contribution >= 0.6 is 0 Å². The first kappa shape index (κ1) is 16.6. The standard InChI is InChI=1S/C18H23N7O/c1-4-15(16-11-23-7-5-6-19-17(23)20-16)21-18(26)24-9-14(10-24)25-13(3)8-12(2)22-25/h5-8,11,14-15H,4,9-10H2,1-3H3,(H,21,26)/t15-/m1/s1. The summed E-state index contributed by atoms with van der Waals surface area (Å²) in [6.45, 7) is 7.43. The van der Waals surface area contributed by atoms with Crippen LogP contribution in [0.5, 0.6) is 0 Å². The van der Waals surface area contributed by atoms with E-state index < -0.39 is 0 Å². The average Bonchev–Trinajstić information content (AvgIpc) is 3.14. The zero-order chi connectivity index (χ0) is 18.3. The minimum Gasteiger partial charge on any atom is -0.330 e. The van der Waals surface area contributed by atoms with Gasteiger partial charge in [-0.2, -0.15) is 5.10 Å². The van der Waals surface area contributed by atoms with Crippen LogP contribution in [-0.4, -0.2) is 48.2 Å². The van der Waals surface area contributed by atoms with Gasteiger partial charge in [0.05, 0.1) is 23.5 Å². The first-order chi connectivity index (χ1) is 12.5. The van der Waals surface area contributed by atoms with Crippen molar-refractivity contribution < 1.29 is 4.79 Å². The van der Waals surface area contributed by atoms with E-state index in [1.54, 1.807) is 6.20 Å². The number of aryl methyl sites for hydroxylation is 2. The molecular formula is C18H23N7O. The number of carbonyl (C=O) groups is 1. The molecular weight excluding hydrogens is 330 g/mol. The van der Waals surface area contributed by atoms with E-state index in [-0.39, 0.29) is 18.1 Å². The van der Waals surface area contributed by atoms with Crippen LogP contribution in [0.1, 0.15) is 42.5 Å². The zero-order valence-corrected chi connectivity index (χ0v) is 15.3. The number of aromatic nitrogens is 5. The maximum Gasteiger partial charge on any atom is 0.318 e. The largest absolute Gasteiger partial charge is 0.330 e. The number of urea groups is 1. The lowest BCUT2D eigenvalue weighted by atomic mass is 10.1. The number of hydrogen-bond acceptors (Lipinski definition) is 4. The van der Waals surface area contributed by atoms with Gasteiger partial charge in [-0.3, -0.25) is 9.08 Å². The molecule has 0 aliphatic carbocycles. The summed E-state index contributed by atoms with van der Waals surface area (Å²) in [4.78, 5) is 23.2. The van der Waals surface area contributed by atoms with Crippen LogP contribution in [0.2, 0.25) is 0 Å². The Kier molecular flexibility index (Phi) is 4.10. The molecule has 4 heterocycles. The molecule has 2 amide bonds. The van der Waals surface area contributed by atoms with Crippen molar-refractivity contribution in [2.24, 2.45) is 0 Å². The monoisotopic (exact) mass is 353 g/mol. The highest BCUT2D eigenvalue weighted by Crippen LogP contribution is 2.24. The van der Waals surface area contributed by atoms with Crippen molar-refractivity contribution in [3.05, 3.63) is 47.8 Å². The Balaban J connectivity index is 1.40. The van der Waals surface area contributed by atoms with Gasteiger partial charge in [0.2, 0.25) is 5.78 Å². The van der Waals surface area contributed by atoms with E-state index in [1.807, 2.05) is 53.2 Å². The zero-order valence-electron chi connectivity index (χ0n) is 15.3. The lowest BCUT2D eigenvalue weighted by Gasteiger charge is -2.40. The summed E-state index contributed by atoms with van der Waals surface area (Å²) < 4.78 is 3.89. The van der Waals surface area contributed by atoms with Gasteiger partial charge in [0, 0.05) is 37.4 Å². The van der Waals surface area contributed by atoms with Crippen molar-refractivity contribution in [3.8, 4) is 0 Å². The van der Waals surface area contributed by atoms with E-state index in [9.17, 15) is 4.79 Å². The molecule has 26 heavy (non-hydrogen) atoms. The Morgan fingerprint density at radius 3 is 2.85 bits per heavy atom. The summed E-state index contributed by atoms with van der Waals surface area (Å²) >= 11 is 0. The number of amides is 2. The maximum atomic E-state index is 12.6. The molecule has 1 saturated heterocycles. The van der Waals surface area contributed by atoms with Gasteiger partial charge < -0.3 is 10.2 Å². The van der Waals surface area contributed by atoms with Crippen molar-refractivity contribution in [1.82, 2.24) is 34.4 Å². The van der Waals surface area contributed by atoms with Crippen LogP contribution < -0.4 is 5.32 Å². The molecule has 8 nitrogen and oxygen atoms in total. The van der Waals surface area contributed by atoms with Gasteiger partial charge in [-0.15, -0.1) is 0 Å². The molecule has 0 aromatic carbocycles. The second-order valence-corrected chi connectivity index (χ2v) is 6.83.